The van der Waals surface area contributed by atoms with Crippen molar-refractivity contribution in [2.24, 2.45) is 17.8 Å². The van der Waals surface area contributed by atoms with Crippen LogP contribution in [0.1, 0.15) is 46.5 Å². The Morgan fingerprint density at radius 2 is 1.67 bits per heavy atom. The highest BCUT2D eigenvalue weighted by Crippen LogP contribution is 2.37. The molecule has 1 saturated carbocycles. The fourth-order valence-corrected chi connectivity index (χ4v) is 5.23. The molecule has 3 nitrogen and oxygen atoms in total. The number of nitrogens with one attached hydrogen (secondary N) is 1. The molecule has 1 N–H and O–H groups in total. The molecule has 0 aromatic rings. The van der Waals surface area contributed by atoms with Gasteiger partial charge in [-0.25, -0.2) is 0 Å². The van der Waals surface area contributed by atoms with Gasteiger partial charge >= 0.3 is 0 Å². The maximum atomic E-state index is 3.97. The summed E-state index contributed by atoms with van der Waals surface area (Å²) in [7, 11) is 0. The van der Waals surface area contributed by atoms with Crippen LogP contribution in [0.5, 0.6) is 0 Å². The van der Waals surface area contributed by atoms with Crippen LogP contribution in [0.4, 0.5) is 0 Å². The number of piperazine rings is 3. The number of hydrogen-bond acceptors (Lipinski definition) is 3. The lowest BCUT2D eigenvalue weighted by Crippen LogP contribution is -2.68. The van der Waals surface area contributed by atoms with E-state index in [4.69, 9.17) is 0 Å². The zero-order valence-electron chi connectivity index (χ0n) is 14.4. The van der Waals surface area contributed by atoms with Crippen molar-refractivity contribution >= 4 is 0 Å². The molecule has 0 amide bonds. The lowest BCUT2D eigenvalue weighted by atomic mass is 9.71. The van der Waals surface area contributed by atoms with E-state index in [1.165, 1.54) is 65.0 Å². The average Bonchev–Trinajstić information content (AvgIpc) is 2.48. The molecule has 122 valence electrons. The van der Waals surface area contributed by atoms with Gasteiger partial charge in [-0.15, -0.1) is 0 Å². The van der Waals surface area contributed by atoms with E-state index in [0.717, 1.165) is 29.8 Å². The molecule has 4 rings (SSSR count). The van der Waals surface area contributed by atoms with Gasteiger partial charge in [0.1, 0.15) is 0 Å². The number of nitrogens with zero attached hydrogens (tertiary/aromatic N) is 2. The Labute approximate surface area is 131 Å². The minimum Gasteiger partial charge on any atom is -0.312 e. The van der Waals surface area contributed by atoms with Crippen molar-refractivity contribution in [2.75, 3.05) is 39.3 Å². The van der Waals surface area contributed by atoms with Crippen molar-refractivity contribution in [3.8, 4) is 0 Å². The predicted molar refractivity (Wildman–Crippen MR) is 89.6 cm³/mol. The molecule has 0 spiro atoms. The third-order valence-electron chi connectivity index (χ3n) is 6.09. The molecule has 3 saturated heterocycles. The van der Waals surface area contributed by atoms with E-state index in [-0.39, 0.29) is 0 Å². The maximum absolute atomic E-state index is 3.97. The predicted octanol–water partition coefficient (Wildman–Crippen LogP) is 2.43. The summed E-state index contributed by atoms with van der Waals surface area (Å²) in [5, 5.41) is 3.97. The van der Waals surface area contributed by atoms with E-state index in [1.54, 1.807) is 0 Å². The monoisotopic (exact) mass is 293 g/mol. The highest BCUT2D eigenvalue weighted by atomic mass is 15.4. The normalized spacial score (nSPS) is 44.7. The van der Waals surface area contributed by atoms with Crippen LogP contribution in [-0.2, 0) is 0 Å². The summed E-state index contributed by atoms with van der Waals surface area (Å²) in [6, 6.07) is 1.49. The summed E-state index contributed by atoms with van der Waals surface area (Å²) in [5.41, 5.74) is 0. The molecule has 4 fully saturated rings. The number of rotatable bonds is 5. The van der Waals surface area contributed by atoms with Gasteiger partial charge in [-0.2, -0.15) is 0 Å². The highest BCUT2D eigenvalue weighted by Gasteiger charge is 2.41. The molecule has 21 heavy (non-hydrogen) atoms. The first-order valence-electron chi connectivity index (χ1n) is 9.37. The van der Waals surface area contributed by atoms with Crippen LogP contribution in [0.3, 0.4) is 0 Å². The molecule has 0 radical (unpaired) electrons. The first-order valence-corrected chi connectivity index (χ1v) is 9.37. The van der Waals surface area contributed by atoms with Crippen molar-refractivity contribution in [3.63, 3.8) is 0 Å². The standard InChI is InChI=1S/C18H35N3/c1-4-5-19-18(16-11-14(2)10-15(3)12-16)17-13-20-6-8-21(17)9-7-20/h14-19H,4-13H2,1-3H3. The smallest absolute Gasteiger partial charge is 0.0380 e. The molecule has 0 aromatic heterocycles. The Morgan fingerprint density at radius 3 is 2.19 bits per heavy atom. The van der Waals surface area contributed by atoms with E-state index in [1.807, 2.05) is 0 Å². The van der Waals surface area contributed by atoms with Gasteiger partial charge in [0, 0.05) is 44.8 Å². The van der Waals surface area contributed by atoms with Crippen molar-refractivity contribution in [2.45, 2.75) is 58.5 Å². The van der Waals surface area contributed by atoms with Crippen LogP contribution in [0.15, 0.2) is 0 Å². The van der Waals surface area contributed by atoms with Crippen molar-refractivity contribution in [1.82, 2.24) is 15.1 Å². The summed E-state index contributed by atoms with van der Waals surface area (Å²) in [5.74, 6) is 2.72. The third kappa shape index (κ3) is 3.62. The Bertz CT molecular complexity index is 314. The maximum Gasteiger partial charge on any atom is 0.0380 e. The van der Waals surface area contributed by atoms with Crippen LogP contribution < -0.4 is 5.32 Å². The minimum atomic E-state index is 0.721. The molecule has 4 aliphatic rings. The largest absolute Gasteiger partial charge is 0.312 e. The van der Waals surface area contributed by atoms with Crippen molar-refractivity contribution < 1.29 is 0 Å². The molecule has 3 heterocycles. The molecule has 4 unspecified atom stereocenters. The first kappa shape index (κ1) is 15.8. The van der Waals surface area contributed by atoms with Crippen LogP contribution in [-0.4, -0.2) is 61.2 Å². The molecule has 4 atom stereocenters. The van der Waals surface area contributed by atoms with E-state index in [0.29, 0.717) is 0 Å². The summed E-state index contributed by atoms with van der Waals surface area (Å²) in [6.45, 7) is 14.9. The lowest BCUT2D eigenvalue weighted by Gasteiger charge is -2.52. The zero-order valence-corrected chi connectivity index (χ0v) is 14.4. The van der Waals surface area contributed by atoms with E-state index in [9.17, 15) is 0 Å². The second-order valence-electron chi connectivity index (χ2n) is 8.06. The number of hydrogen-bond donors (Lipinski definition) is 1. The molecule has 3 aliphatic heterocycles. The topological polar surface area (TPSA) is 18.5 Å². The van der Waals surface area contributed by atoms with Gasteiger partial charge < -0.3 is 5.32 Å². The first-order chi connectivity index (χ1) is 10.2. The quantitative estimate of drug-likeness (QED) is 0.840. The highest BCUT2D eigenvalue weighted by molar-refractivity contribution is 4.98. The van der Waals surface area contributed by atoms with Gasteiger partial charge in [-0.1, -0.05) is 20.8 Å². The lowest BCUT2D eigenvalue weighted by molar-refractivity contribution is -0.0207. The fourth-order valence-electron chi connectivity index (χ4n) is 5.23. The summed E-state index contributed by atoms with van der Waals surface area (Å²) < 4.78 is 0. The van der Waals surface area contributed by atoms with Crippen LogP contribution in [0.25, 0.3) is 0 Å². The molecule has 2 bridgehead atoms. The second-order valence-corrected chi connectivity index (χ2v) is 8.06. The van der Waals surface area contributed by atoms with Crippen molar-refractivity contribution in [1.29, 1.82) is 0 Å². The summed E-state index contributed by atoms with van der Waals surface area (Å²) >= 11 is 0. The Kier molecular flexibility index (Phi) is 5.23. The second kappa shape index (κ2) is 6.97. The van der Waals surface area contributed by atoms with E-state index in [2.05, 4.69) is 35.9 Å². The Balaban J connectivity index is 1.70. The van der Waals surface area contributed by atoms with E-state index >= 15 is 0 Å². The van der Waals surface area contributed by atoms with Gasteiger partial charge in [0.2, 0.25) is 0 Å². The van der Waals surface area contributed by atoms with Gasteiger partial charge in [0.05, 0.1) is 0 Å². The SMILES string of the molecule is CCCNC(C1CC(C)CC(C)C1)C1CN2CCN1CC2. The molecule has 1 aliphatic carbocycles. The van der Waals surface area contributed by atoms with Crippen LogP contribution >= 0.6 is 0 Å². The fraction of sp³-hybridized carbons (Fsp3) is 1.00. The van der Waals surface area contributed by atoms with Crippen molar-refractivity contribution in [3.05, 3.63) is 0 Å². The molecular weight excluding hydrogens is 258 g/mol. The average molecular weight is 293 g/mol. The van der Waals surface area contributed by atoms with E-state index < -0.39 is 0 Å². The van der Waals surface area contributed by atoms with Crippen LogP contribution in [0, 0.1) is 17.8 Å². The third-order valence-corrected chi connectivity index (χ3v) is 6.09. The van der Waals surface area contributed by atoms with Gasteiger partial charge in [0.25, 0.3) is 0 Å². The summed E-state index contributed by atoms with van der Waals surface area (Å²) in [6.07, 6.45) is 5.58. The van der Waals surface area contributed by atoms with Gasteiger partial charge in [-0.3, -0.25) is 9.80 Å². The minimum absolute atomic E-state index is 0.721. The Morgan fingerprint density at radius 1 is 1.00 bits per heavy atom. The van der Waals surface area contributed by atoms with Gasteiger partial charge in [0.15, 0.2) is 0 Å². The summed E-state index contributed by atoms with van der Waals surface area (Å²) in [4.78, 5) is 5.48. The molecule has 3 heteroatoms. The molecular formula is C18H35N3. The Hall–Kier alpha value is -0.120. The van der Waals surface area contributed by atoms with Crippen LogP contribution in [0.2, 0.25) is 0 Å². The van der Waals surface area contributed by atoms with Gasteiger partial charge in [-0.05, 0) is 50.0 Å². The number of fused-ring (bicyclic) bond motifs is 3. The zero-order chi connectivity index (χ0) is 14.8. The molecule has 0 aromatic carbocycles.